The molecule has 0 fully saturated rings. The molecule has 2 aromatic carbocycles. The number of carbonyl (C=O) groups is 1. The topological polar surface area (TPSA) is 78.3 Å². The van der Waals surface area contributed by atoms with Gasteiger partial charge in [0.05, 0.1) is 5.56 Å². The molecule has 0 saturated heterocycles. The maximum absolute atomic E-state index is 11.2. The van der Waals surface area contributed by atoms with Gasteiger partial charge in [0.15, 0.2) is 0 Å². The van der Waals surface area contributed by atoms with Gasteiger partial charge in [0.25, 0.3) is 5.91 Å². The van der Waals surface area contributed by atoms with Crippen LogP contribution < -0.4 is 16.2 Å². The van der Waals surface area contributed by atoms with Crippen LogP contribution in [-0.2, 0) is 6.54 Å². The van der Waals surface area contributed by atoms with Gasteiger partial charge < -0.3 is 16.2 Å². The smallest absolute Gasteiger partial charge is 0.252 e. The Kier molecular flexibility index (Phi) is 3.60. The summed E-state index contributed by atoms with van der Waals surface area (Å²) in [6, 6.07) is 14.2. The Balaban J connectivity index is 2.25. The molecule has 0 atom stereocenters. The second kappa shape index (κ2) is 5.33. The van der Waals surface area contributed by atoms with Crippen molar-refractivity contribution in [1.29, 1.82) is 0 Å². The van der Waals surface area contributed by atoms with Crippen molar-refractivity contribution < 1.29 is 9.53 Å². The van der Waals surface area contributed by atoms with Crippen LogP contribution in [0.15, 0.2) is 48.5 Å². The van der Waals surface area contributed by atoms with Crippen molar-refractivity contribution in [2.75, 3.05) is 0 Å². The zero-order valence-electron chi connectivity index (χ0n) is 9.80. The average molecular weight is 242 g/mol. The van der Waals surface area contributed by atoms with Gasteiger partial charge in [0.2, 0.25) is 0 Å². The standard InChI is InChI=1S/C14H14N2O2/c15-9-10-5-7-11(8-6-10)18-13-4-2-1-3-12(13)14(16)17/h1-8H,9,15H2,(H2,16,17). The van der Waals surface area contributed by atoms with Gasteiger partial charge in [-0.1, -0.05) is 24.3 Å². The molecule has 0 aliphatic carbocycles. The molecule has 4 nitrogen and oxygen atoms in total. The minimum absolute atomic E-state index is 0.361. The molecule has 0 bridgehead atoms. The summed E-state index contributed by atoms with van der Waals surface area (Å²) in [7, 11) is 0. The van der Waals surface area contributed by atoms with Gasteiger partial charge in [-0.15, -0.1) is 0 Å². The van der Waals surface area contributed by atoms with E-state index < -0.39 is 5.91 Å². The molecule has 0 spiro atoms. The van der Waals surface area contributed by atoms with Crippen molar-refractivity contribution in [2.45, 2.75) is 6.54 Å². The number of carbonyl (C=O) groups excluding carboxylic acids is 1. The number of amides is 1. The van der Waals surface area contributed by atoms with Crippen molar-refractivity contribution in [3.8, 4) is 11.5 Å². The molecule has 2 aromatic rings. The van der Waals surface area contributed by atoms with E-state index in [0.717, 1.165) is 5.56 Å². The van der Waals surface area contributed by atoms with Gasteiger partial charge in [0, 0.05) is 6.54 Å². The Morgan fingerprint density at radius 1 is 1.06 bits per heavy atom. The van der Waals surface area contributed by atoms with Crippen LogP contribution in [0, 0.1) is 0 Å². The Hall–Kier alpha value is -2.33. The van der Waals surface area contributed by atoms with Crippen LogP contribution in [0.2, 0.25) is 0 Å². The summed E-state index contributed by atoms with van der Waals surface area (Å²) in [5.41, 5.74) is 12.2. The third-order valence-electron chi connectivity index (χ3n) is 2.54. The van der Waals surface area contributed by atoms with E-state index in [-0.39, 0.29) is 0 Å². The fourth-order valence-electron chi connectivity index (χ4n) is 1.58. The Bertz CT molecular complexity index is 550. The second-order valence-electron chi connectivity index (χ2n) is 3.81. The lowest BCUT2D eigenvalue weighted by molar-refractivity contribution is 0.0998. The molecule has 0 aliphatic heterocycles. The van der Waals surface area contributed by atoms with E-state index in [9.17, 15) is 4.79 Å². The zero-order chi connectivity index (χ0) is 13.0. The second-order valence-corrected chi connectivity index (χ2v) is 3.81. The number of primary amides is 1. The quantitative estimate of drug-likeness (QED) is 0.861. The normalized spacial score (nSPS) is 10.1. The fourth-order valence-corrected chi connectivity index (χ4v) is 1.58. The summed E-state index contributed by atoms with van der Waals surface area (Å²) in [4.78, 5) is 11.2. The highest BCUT2D eigenvalue weighted by atomic mass is 16.5. The molecule has 0 unspecified atom stereocenters. The third kappa shape index (κ3) is 2.67. The lowest BCUT2D eigenvalue weighted by Crippen LogP contribution is -2.11. The highest BCUT2D eigenvalue weighted by Gasteiger charge is 2.08. The molecule has 1 amide bonds. The molecule has 0 heterocycles. The number of ether oxygens (including phenoxy) is 1. The van der Waals surface area contributed by atoms with Crippen molar-refractivity contribution in [2.24, 2.45) is 11.5 Å². The van der Waals surface area contributed by atoms with Crippen LogP contribution in [0.1, 0.15) is 15.9 Å². The molecule has 4 heteroatoms. The molecule has 92 valence electrons. The minimum Gasteiger partial charge on any atom is -0.457 e. The minimum atomic E-state index is -0.510. The van der Waals surface area contributed by atoms with Crippen LogP contribution in [0.3, 0.4) is 0 Å². The number of hydrogen-bond donors (Lipinski definition) is 2. The number of para-hydroxylation sites is 1. The van der Waals surface area contributed by atoms with Gasteiger partial charge in [0.1, 0.15) is 11.5 Å². The van der Waals surface area contributed by atoms with Crippen molar-refractivity contribution in [3.63, 3.8) is 0 Å². The lowest BCUT2D eigenvalue weighted by Gasteiger charge is -2.09. The van der Waals surface area contributed by atoms with E-state index >= 15 is 0 Å². The van der Waals surface area contributed by atoms with E-state index in [4.69, 9.17) is 16.2 Å². The van der Waals surface area contributed by atoms with Crippen molar-refractivity contribution in [1.82, 2.24) is 0 Å². The van der Waals surface area contributed by atoms with Crippen molar-refractivity contribution >= 4 is 5.91 Å². The summed E-state index contributed by atoms with van der Waals surface area (Å²) in [6.45, 7) is 0.484. The van der Waals surface area contributed by atoms with Gasteiger partial charge >= 0.3 is 0 Å². The molecular formula is C14H14N2O2. The van der Waals surface area contributed by atoms with E-state index in [0.29, 0.717) is 23.6 Å². The van der Waals surface area contributed by atoms with Gasteiger partial charge in [-0.25, -0.2) is 0 Å². The predicted octanol–water partition coefficient (Wildman–Crippen LogP) is 2.04. The fraction of sp³-hybridized carbons (Fsp3) is 0.0714. The number of nitrogens with two attached hydrogens (primary N) is 2. The number of hydrogen-bond acceptors (Lipinski definition) is 3. The van der Waals surface area contributed by atoms with Gasteiger partial charge in [-0.2, -0.15) is 0 Å². The van der Waals surface area contributed by atoms with Crippen LogP contribution in [-0.4, -0.2) is 5.91 Å². The first-order valence-electron chi connectivity index (χ1n) is 5.56. The summed E-state index contributed by atoms with van der Waals surface area (Å²) in [5, 5.41) is 0. The molecule has 0 radical (unpaired) electrons. The largest absolute Gasteiger partial charge is 0.457 e. The van der Waals surface area contributed by atoms with Gasteiger partial charge in [-0.05, 0) is 29.8 Å². The summed E-state index contributed by atoms with van der Waals surface area (Å²) < 4.78 is 5.63. The predicted molar refractivity (Wildman–Crippen MR) is 69.4 cm³/mol. The summed E-state index contributed by atoms with van der Waals surface area (Å²) >= 11 is 0. The maximum Gasteiger partial charge on any atom is 0.252 e. The average Bonchev–Trinajstić information content (AvgIpc) is 2.40. The summed E-state index contributed by atoms with van der Waals surface area (Å²) in [5.74, 6) is 0.579. The molecule has 0 aliphatic rings. The van der Waals surface area contributed by atoms with E-state index in [1.54, 1.807) is 36.4 Å². The maximum atomic E-state index is 11.2. The van der Waals surface area contributed by atoms with Crippen LogP contribution in [0.5, 0.6) is 11.5 Å². The first-order valence-corrected chi connectivity index (χ1v) is 5.56. The van der Waals surface area contributed by atoms with Gasteiger partial charge in [-0.3, -0.25) is 4.79 Å². The molecule has 18 heavy (non-hydrogen) atoms. The van der Waals surface area contributed by atoms with E-state index in [1.165, 1.54) is 0 Å². The molecule has 4 N–H and O–H groups in total. The molecule has 0 aromatic heterocycles. The van der Waals surface area contributed by atoms with E-state index in [2.05, 4.69) is 0 Å². The molecule has 2 rings (SSSR count). The van der Waals surface area contributed by atoms with Crippen molar-refractivity contribution in [3.05, 3.63) is 59.7 Å². The third-order valence-corrected chi connectivity index (χ3v) is 2.54. The van der Waals surface area contributed by atoms with E-state index in [1.807, 2.05) is 12.1 Å². The van der Waals surface area contributed by atoms with Crippen LogP contribution >= 0.6 is 0 Å². The SMILES string of the molecule is NCc1ccc(Oc2ccccc2C(N)=O)cc1. The lowest BCUT2D eigenvalue weighted by atomic mass is 10.2. The molecular weight excluding hydrogens is 228 g/mol. The number of benzene rings is 2. The zero-order valence-corrected chi connectivity index (χ0v) is 9.80. The van der Waals surface area contributed by atoms with Crippen LogP contribution in [0.25, 0.3) is 0 Å². The Morgan fingerprint density at radius 3 is 2.33 bits per heavy atom. The first-order chi connectivity index (χ1) is 8.70. The number of rotatable bonds is 4. The summed E-state index contributed by atoms with van der Waals surface area (Å²) in [6.07, 6.45) is 0. The van der Waals surface area contributed by atoms with Crippen LogP contribution in [0.4, 0.5) is 0 Å². The highest BCUT2D eigenvalue weighted by molar-refractivity contribution is 5.95. The monoisotopic (exact) mass is 242 g/mol. The Labute approximate surface area is 105 Å². The highest BCUT2D eigenvalue weighted by Crippen LogP contribution is 2.25. The first kappa shape index (κ1) is 12.1. The molecule has 0 saturated carbocycles. The Morgan fingerprint density at radius 2 is 1.72 bits per heavy atom.